The van der Waals surface area contributed by atoms with Crippen LogP contribution in [0.25, 0.3) is 0 Å². The molecule has 0 aromatic carbocycles. The molecular formula is C12H18N2O2S. The first-order valence-corrected chi connectivity index (χ1v) is 6.84. The van der Waals surface area contributed by atoms with Gasteiger partial charge in [0.15, 0.2) is 0 Å². The van der Waals surface area contributed by atoms with Gasteiger partial charge in [-0.1, -0.05) is 0 Å². The van der Waals surface area contributed by atoms with Crippen LogP contribution in [-0.4, -0.2) is 35.0 Å². The van der Waals surface area contributed by atoms with Crippen LogP contribution in [0, 0.1) is 6.92 Å². The summed E-state index contributed by atoms with van der Waals surface area (Å²) in [6, 6.07) is -0.0580. The van der Waals surface area contributed by atoms with Gasteiger partial charge in [0.05, 0.1) is 11.6 Å². The van der Waals surface area contributed by atoms with Crippen molar-refractivity contribution in [2.45, 2.75) is 39.3 Å². The molecule has 1 fully saturated rings. The summed E-state index contributed by atoms with van der Waals surface area (Å²) in [5.41, 5.74) is 0. The lowest BCUT2D eigenvalue weighted by Gasteiger charge is -2.21. The molecule has 0 amide bonds. The van der Waals surface area contributed by atoms with Gasteiger partial charge in [-0.2, -0.15) is 0 Å². The van der Waals surface area contributed by atoms with E-state index in [0.717, 1.165) is 30.9 Å². The molecule has 2 rings (SSSR count). The minimum atomic E-state index is -0.0776. The molecule has 0 N–H and O–H groups in total. The van der Waals surface area contributed by atoms with Crippen molar-refractivity contribution in [3.05, 3.63) is 16.1 Å². The second-order valence-electron chi connectivity index (χ2n) is 4.23. The standard InChI is InChI=1S/C12H18N2O2S/c1-3-16-12(15)11-5-4-6-14(11)8-10-7-13-9(2)17-10/h7,11H,3-6,8H2,1-2H3. The van der Waals surface area contributed by atoms with Gasteiger partial charge in [0, 0.05) is 17.6 Å². The van der Waals surface area contributed by atoms with Crippen LogP contribution in [0.3, 0.4) is 0 Å². The van der Waals surface area contributed by atoms with Crippen LogP contribution in [-0.2, 0) is 16.1 Å². The molecule has 5 heteroatoms. The van der Waals surface area contributed by atoms with Crippen molar-refractivity contribution in [2.24, 2.45) is 0 Å². The fourth-order valence-corrected chi connectivity index (χ4v) is 3.02. The van der Waals surface area contributed by atoms with E-state index >= 15 is 0 Å². The number of esters is 1. The maximum Gasteiger partial charge on any atom is 0.323 e. The van der Waals surface area contributed by atoms with E-state index in [1.165, 1.54) is 4.88 Å². The van der Waals surface area contributed by atoms with Crippen LogP contribution in [0.4, 0.5) is 0 Å². The number of aromatic nitrogens is 1. The van der Waals surface area contributed by atoms with Gasteiger partial charge in [0.1, 0.15) is 6.04 Å². The molecule has 0 spiro atoms. The smallest absolute Gasteiger partial charge is 0.323 e. The lowest BCUT2D eigenvalue weighted by Crippen LogP contribution is -2.36. The third-order valence-corrected chi connectivity index (χ3v) is 3.85. The number of carbonyl (C=O) groups excluding carboxylic acids is 1. The largest absolute Gasteiger partial charge is 0.465 e. The van der Waals surface area contributed by atoms with Gasteiger partial charge in [-0.15, -0.1) is 11.3 Å². The monoisotopic (exact) mass is 254 g/mol. The molecule has 4 nitrogen and oxygen atoms in total. The van der Waals surface area contributed by atoms with E-state index in [2.05, 4.69) is 9.88 Å². The zero-order valence-corrected chi connectivity index (χ0v) is 11.1. The molecule has 0 bridgehead atoms. The Balaban J connectivity index is 1.97. The van der Waals surface area contributed by atoms with E-state index in [1.807, 2.05) is 20.0 Å². The first-order valence-electron chi connectivity index (χ1n) is 6.02. The zero-order chi connectivity index (χ0) is 12.3. The number of carbonyl (C=O) groups is 1. The highest BCUT2D eigenvalue weighted by Crippen LogP contribution is 2.23. The molecule has 1 aromatic heterocycles. The van der Waals surface area contributed by atoms with Crippen LogP contribution >= 0.6 is 11.3 Å². The Kier molecular flexibility index (Phi) is 4.12. The summed E-state index contributed by atoms with van der Waals surface area (Å²) in [5, 5.41) is 1.08. The highest BCUT2D eigenvalue weighted by molar-refractivity contribution is 7.11. The number of thiazole rings is 1. The van der Waals surface area contributed by atoms with Crippen LogP contribution in [0.5, 0.6) is 0 Å². The Morgan fingerprint density at radius 3 is 3.18 bits per heavy atom. The lowest BCUT2D eigenvalue weighted by atomic mass is 10.2. The number of nitrogens with zero attached hydrogens (tertiary/aromatic N) is 2. The molecule has 1 unspecified atom stereocenters. The van der Waals surface area contributed by atoms with Gasteiger partial charge in [0.25, 0.3) is 0 Å². The molecule has 2 heterocycles. The van der Waals surface area contributed by atoms with Crippen molar-refractivity contribution < 1.29 is 9.53 Å². The number of aryl methyl sites for hydroxylation is 1. The Hall–Kier alpha value is -0.940. The molecule has 1 aliphatic heterocycles. The molecule has 0 aliphatic carbocycles. The minimum absolute atomic E-state index is 0.0580. The SMILES string of the molecule is CCOC(=O)C1CCCN1Cc1cnc(C)s1. The number of ether oxygens (including phenoxy) is 1. The summed E-state index contributed by atoms with van der Waals surface area (Å²) in [5.74, 6) is -0.0776. The summed E-state index contributed by atoms with van der Waals surface area (Å²) < 4.78 is 5.11. The van der Waals surface area contributed by atoms with Crippen LogP contribution in [0.1, 0.15) is 29.7 Å². The maximum absolute atomic E-state index is 11.8. The predicted octanol–water partition coefficient (Wildman–Crippen LogP) is 1.98. The second-order valence-corrected chi connectivity index (χ2v) is 5.55. The summed E-state index contributed by atoms with van der Waals surface area (Å²) in [4.78, 5) is 19.4. The molecule has 0 radical (unpaired) electrons. The van der Waals surface area contributed by atoms with E-state index in [4.69, 9.17) is 4.74 Å². The zero-order valence-electron chi connectivity index (χ0n) is 10.3. The van der Waals surface area contributed by atoms with Crippen molar-refractivity contribution in [1.29, 1.82) is 0 Å². The number of hydrogen-bond acceptors (Lipinski definition) is 5. The Bertz CT molecular complexity index is 392. The second kappa shape index (κ2) is 5.60. The van der Waals surface area contributed by atoms with Gasteiger partial charge in [-0.3, -0.25) is 9.69 Å². The quantitative estimate of drug-likeness (QED) is 0.771. The Morgan fingerprint density at radius 1 is 1.71 bits per heavy atom. The third-order valence-electron chi connectivity index (χ3n) is 2.95. The lowest BCUT2D eigenvalue weighted by molar-refractivity contribution is -0.148. The molecule has 0 saturated carbocycles. The molecule has 1 aliphatic rings. The fraction of sp³-hybridized carbons (Fsp3) is 0.667. The van der Waals surface area contributed by atoms with Crippen molar-refractivity contribution in [2.75, 3.05) is 13.2 Å². The first kappa shape index (κ1) is 12.5. The van der Waals surface area contributed by atoms with Gasteiger partial charge < -0.3 is 4.74 Å². The van der Waals surface area contributed by atoms with Gasteiger partial charge in [-0.05, 0) is 33.2 Å². The van der Waals surface area contributed by atoms with E-state index in [-0.39, 0.29) is 12.0 Å². The van der Waals surface area contributed by atoms with Crippen LogP contribution < -0.4 is 0 Å². The van der Waals surface area contributed by atoms with E-state index < -0.39 is 0 Å². The predicted molar refractivity (Wildman–Crippen MR) is 66.9 cm³/mol. The van der Waals surface area contributed by atoms with Crippen molar-refractivity contribution in [1.82, 2.24) is 9.88 Å². The van der Waals surface area contributed by atoms with E-state index in [1.54, 1.807) is 11.3 Å². The molecular weight excluding hydrogens is 236 g/mol. The van der Waals surface area contributed by atoms with Gasteiger partial charge in [-0.25, -0.2) is 4.98 Å². The summed E-state index contributed by atoms with van der Waals surface area (Å²) >= 11 is 1.70. The molecule has 94 valence electrons. The normalized spacial score (nSPS) is 20.7. The number of rotatable bonds is 4. The van der Waals surface area contributed by atoms with Gasteiger partial charge >= 0.3 is 5.97 Å². The molecule has 1 aromatic rings. The summed E-state index contributed by atoms with van der Waals surface area (Å²) in [6.07, 6.45) is 3.89. The number of hydrogen-bond donors (Lipinski definition) is 0. The topological polar surface area (TPSA) is 42.4 Å². The summed E-state index contributed by atoms with van der Waals surface area (Å²) in [7, 11) is 0. The molecule has 1 atom stereocenters. The van der Waals surface area contributed by atoms with Crippen molar-refractivity contribution in [3.8, 4) is 0 Å². The Morgan fingerprint density at radius 2 is 2.53 bits per heavy atom. The van der Waals surface area contributed by atoms with Crippen molar-refractivity contribution >= 4 is 17.3 Å². The maximum atomic E-state index is 11.8. The first-order chi connectivity index (χ1) is 8.20. The number of likely N-dealkylation sites (tertiary alicyclic amines) is 1. The Labute approximate surface area is 106 Å². The van der Waals surface area contributed by atoms with E-state index in [9.17, 15) is 4.79 Å². The summed E-state index contributed by atoms with van der Waals surface area (Å²) in [6.45, 7) is 6.10. The van der Waals surface area contributed by atoms with Crippen LogP contribution in [0.15, 0.2) is 6.20 Å². The van der Waals surface area contributed by atoms with E-state index in [0.29, 0.717) is 6.61 Å². The fourth-order valence-electron chi connectivity index (χ4n) is 2.20. The third kappa shape index (κ3) is 3.04. The molecule has 1 saturated heterocycles. The minimum Gasteiger partial charge on any atom is -0.465 e. The van der Waals surface area contributed by atoms with Gasteiger partial charge in [0.2, 0.25) is 0 Å². The average molecular weight is 254 g/mol. The average Bonchev–Trinajstić information content (AvgIpc) is 2.89. The highest BCUT2D eigenvalue weighted by atomic mass is 32.1. The highest BCUT2D eigenvalue weighted by Gasteiger charge is 2.31. The molecule has 17 heavy (non-hydrogen) atoms. The van der Waals surface area contributed by atoms with Crippen LogP contribution in [0.2, 0.25) is 0 Å². The van der Waals surface area contributed by atoms with Crippen molar-refractivity contribution in [3.63, 3.8) is 0 Å².